The molecule has 20 heavy (non-hydrogen) atoms. The average Bonchev–Trinajstić information content (AvgIpc) is 2.36. The van der Waals surface area contributed by atoms with Crippen LogP contribution in [0.4, 0.5) is 17.1 Å². The van der Waals surface area contributed by atoms with Crippen molar-refractivity contribution in [1.29, 1.82) is 0 Å². The van der Waals surface area contributed by atoms with Gasteiger partial charge in [0.1, 0.15) is 11.4 Å². The average molecular weight is 281 g/mol. The third-order valence-electron chi connectivity index (χ3n) is 3.13. The van der Waals surface area contributed by atoms with Gasteiger partial charge in [0.15, 0.2) is 0 Å². The van der Waals surface area contributed by atoms with Gasteiger partial charge in [-0.1, -0.05) is 19.9 Å². The molecule has 0 saturated carbocycles. The van der Waals surface area contributed by atoms with Crippen molar-refractivity contribution in [3.8, 4) is 0 Å². The Morgan fingerprint density at radius 1 is 1.30 bits per heavy atom. The fourth-order valence-electron chi connectivity index (χ4n) is 1.94. The fraction of sp³-hybridized carbons (Fsp3) is 0.571. The first-order valence-corrected chi connectivity index (χ1v) is 6.77. The third-order valence-corrected chi connectivity index (χ3v) is 3.13. The Morgan fingerprint density at radius 3 is 2.40 bits per heavy atom. The van der Waals surface area contributed by atoms with Gasteiger partial charge in [-0.25, -0.2) is 0 Å². The number of nitro benzene ring substituents is 1. The molecule has 0 radical (unpaired) electrons. The van der Waals surface area contributed by atoms with Crippen LogP contribution in [0.2, 0.25) is 0 Å². The van der Waals surface area contributed by atoms with Gasteiger partial charge in [-0.2, -0.15) is 0 Å². The van der Waals surface area contributed by atoms with E-state index in [-0.39, 0.29) is 22.6 Å². The lowest BCUT2D eigenvalue weighted by molar-refractivity contribution is -0.383. The van der Waals surface area contributed by atoms with Crippen LogP contribution in [-0.4, -0.2) is 29.7 Å². The van der Waals surface area contributed by atoms with Gasteiger partial charge in [-0.15, -0.1) is 0 Å². The van der Waals surface area contributed by atoms with Gasteiger partial charge in [-0.05, 0) is 30.9 Å². The minimum atomic E-state index is -0.376. The quantitative estimate of drug-likeness (QED) is 0.504. The molecule has 0 aliphatic carbocycles. The highest BCUT2D eigenvalue weighted by molar-refractivity contribution is 5.76. The monoisotopic (exact) mass is 281 g/mol. The second-order valence-electron chi connectivity index (χ2n) is 5.48. The zero-order valence-electron chi connectivity index (χ0n) is 12.3. The van der Waals surface area contributed by atoms with E-state index in [0.717, 1.165) is 0 Å². The number of rotatable bonds is 8. The Hall–Kier alpha value is -1.82. The summed E-state index contributed by atoms with van der Waals surface area (Å²) < 4.78 is 0. The van der Waals surface area contributed by atoms with Crippen LogP contribution in [0.15, 0.2) is 18.2 Å². The molecule has 0 aliphatic rings. The van der Waals surface area contributed by atoms with Crippen molar-refractivity contribution in [2.24, 2.45) is 5.41 Å². The molecule has 0 fully saturated rings. The van der Waals surface area contributed by atoms with Gasteiger partial charge >= 0.3 is 5.69 Å². The lowest BCUT2D eigenvalue weighted by Gasteiger charge is -2.24. The van der Waals surface area contributed by atoms with Crippen molar-refractivity contribution < 1.29 is 10.0 Å². The van der Waals surface area contributed by atoms with Gasteiger partial charge in [-0.3, -0.25) is 10.1 Å². The molecule has 0 aliphatic heterocycles. The van der Waals surface area contributed by atoms with E-state index in [0.29, 0.717) is 30.9 Å². The van der Waals surface area contributed by atoms with Gasteiger partial charge in [0, 0.05) is 19.7 Å². The zero-order valence-corrected chi connectivity index (χ0v) is 12.3. The summed E-state index contributed by atoms with van der Waals surface area (Å²) in [6.07, 6.45) is 0.640. The van der Waals surface area contributed by atoms with Crippen molar-refractivity contribution in [3.63, 3.8) is 0 Å². The van der Waals surface area contributed by atoms with Crippen LogP contribution in [0.1, 0.15) is 27.2 Å². The fourth-order valence-corrected chi connectivity index (χ4v) is 1.94. The molecule has 1 aromatic rings. The predicted octanol–water partition coefficient (Wildman–Crippen LogP) is 2.85. The van der Waals surface area contributed by atoms with Crippen molar-refractivity contribution in [3.05, 3.63) is 28.3 Å². The van der Waals surface area contributed by atoms with Gasteiger partial charge in [0.2, 0.25) is 0 Å². The summed E-state index contributed by atoms with van der Waals surface area (Å²) in [6.45, 7) is 7.21. The number of aliphatic hydroxyl groups excluding tert-OH is 1. The minimum Gasteiger partial charge on any atom is -0.396 e. The Bertz CT molecular complexity index is 461. The molecule has 0 bridgehead atoms. The maximum atomic E-state index is 11.3. The van der Waals surface area contributed by atoms with E-state index in [1.165, 1.54) is 0 Å². The summed E-state index contributed by atoms with van der Waals surface area (Å²) >= 11 is 0. The number of nitro groups is 1. The lowest BCUT2D eigenvalue weighted by atomic mass is 9.89. The van der Waals surface area contributed by atoms with Crippen LogP contribution in [0.3, 0.4) is 0 Å². The number of aliphatic hydroxyl groups is 1. The van der Waals surface area contributed by atoms with Crippen molar-refractivity contribution >= 4 is 17.1 Å². The topological polar surface area (TPSA) is 87.4 Å². The highest BCUT2D eigenvalue weighted by Crippen LogP contribution is 2.33. The van der Waals surface area contributed by atoms with E-state index in [4.69, 9.17) is 5.11 Å². The Balaban J connectivity index is 2.94. The summed E-state index contributed by atoms with van der Waals surface area (Å²) in [5.74, 6) is 0. The second-order valence-corrected chi connectivity index (χ2v) is 5.48. The number of anilines is 2. The van der Waals surface area contributed by atoms with Gasteiger partial charge in [0.25, 0.3) is 0 Å². The summed E-state index contributed by atoms with van der Waals surface area (Å²) in [5, 5.41) is 26.4. The molecule has 112 valence electrons. The highest BCUT2D eigenvalue weighted by atomic mass is 16.6. The normalized spacial score (nSPS) is 11.2. The molecule has 0 heterocycles. The molecule has 3 N–H and O–H groups in total. The molecule has 0 aromatic heterocycles. The highest BCUT2D eigenvalue weighted by Gasteiger charge is 2.22. The number of benzene rings is 1. The van der Waals surface area contributed by atoms with Crippen molar-refractivity contribution in [1.82, 2.24) is 0 Å². The van der Waals surface area contributed by atoms with Crippen LogP contribution in [-0.2, 0) is 0 Å². The van der Waals surface area contributed by atoms with E-state index in [9.17, 15) is 10.1 Å². The minimum absolute atomic E-state index is 0.0640. The molecule has 0 saturated heterocycles. The van der Waals surface area contributed by atoms with Crippen LogP contribution >= 0.6 is 0 Å². The molecule has 0 amide bonds. The van der Waals surface area contributed by atoms with Crippen LogP contribution in [0, 0.1) is 15.5 Å². The lowest BCUT2D eigenvalue weighted by Crippen LogP contribution is -2.24. The summed E-state index contributed by atoms with van der Waals surface area (Å²) in [6, 6.07) is 5.19. The molecular formula is C14H23N3O3. The van der Waals surface area contributed by atoms with E-state index in [1.54, 1.807) is 18.2 Å². The summed E-state index contributed by atoms with van der Waals surface area (Å²) in [7, 11) is 0. The summed E-state index contributed by atoms with van der Waals surface area (Å²) in [5.41, 5.74) is 0.952. The predicted molar refractivity (Wildman–Crippen MR) is 81.2 cm³/mol. The molecule has 0 spiro atoms. The first-order chi connectivity index (χ1) is 9.41. The van der Waals surface area contributed by atoms with Gasteiger partial charge < -0.3 is 15.7 Å². The smallest absolute Gasteiger partial charge is 0.315 e. The third kappa shape index (κ3) is 4.38. The Morgan fingerprint density at radius 2 is 1.90 bits per heavy atom. The maximum absolute atomic E-state index is 11.3. The van der Waals surface area contributed by atoms with Crippen LogP contribution in [0.25, 0.3) is 0 Å². The standard InChI is InChI=1S/C14H23N3O3/c1-4-15-11-6-5-7-12(13(11)17(19)20)16-10-14(2,3)8-9-18/h5-7,15-16,18H,4,8-10H2,1-3H3. The number of nitrogens with zero attached hydrogens (tertiary/aromatic N) is 1. The molecule has 0 unspecified atom stereocenters. The molecule has 1 aromatic carbocycles. The molecule has 0 atom stereocenters. The van der Waals surface area contributed by atoms with E-state index in [2.05, 4.69) is 10.6 Å². The first-order valence-electron chi connectivity index (χ1n) is 6.77. The van der Waals surface area contributed by atoms with Gasteiger partial charge in [0.05, 0.1) is 4.92 Å². The van der Waals surface area contributed by atoms with E-state index in [1.807, 2.05) is 20.8 Å². The molecular weight excluding hydrogens is 258 g/mol. The summed E-state index contributed by atoms with van der Waals surface area (Å²) in [4.78, 5) is 10.9. The second kappa shape index (κ2) is 7.09. The number of nitrogens with one attached hydrogen (secondary N) is 2. The maximum Gasteiger partial charge on any atom is 0.315 e. The Kier molecular flexibility index (Phi) is 5.76. The van der Waals surface area contributed by atoms with Crippen molar-refractivity contribution in [2.45, 2.75) is 27.2 Å². The van der Waals surface area contributed by atoms with E-state index < -0.39 is 0 Å². The van der Waals surface area contributed by atoms with Crippen molar-refractivity contribution in [2.75, 3.05) is 30.3 Å². The number of hydrogen-bond acceptors (Lipinski definition) is 5. The molecule has 1 rings (SSSR count). The Labute approximate surface area is 119 Å². The molecule has 6 nitrogen and oxygen atoms in total. The number of hydrogen-bond donors (Lipinski definition) is 3. The largest absolute Gasteiger partial charge is 0.396 e. The van der Waals surface area contributed by atoms with Crippen LogP contribution < -0.4 is 10.6 Å². The molecule has 6 heteroatoms. The number of para-hydroxylation sites is 1. The zero-order chi connectivity index (χ0) is 15.2. The van der Waals surface area contributed by atoms with E-state index >= 15 is 0 Å². The first kappa shape index (κ1) is 16.2. The van der Waals surface area contributed by atoms with Crippen LogP contribution in [0.5, 0.6) is 0 Å². The SMILES string of the molecule is CCNc1cccc(NCC(C)(C)CCO)c1[N+](=O)[O-].